The van der Waals surface area contributed by atoms with Gasteiger partial charge in [0.15, 0.2) is 5.78 Å². The Morgan fingerprint density at radius 2 is 1.75 bits per heavy atom. The summed E-state index contributed by atoms with van der Waals surface area (Å²) < 4.78 is 0. The molecule has 1 N–H and O–H groups in total. The van der Waals surface area contributed by atoms with Crippen molar-refractivity contribution in [1.82, 2.24) is 0 Å². The maximum atomic E-state index is 12.1. The molecule has 0 aliphatic carbocycles. The summed E-state index contributed by atoms with van der Waals surface area (Å²) in [6, 6.07) is 5.47. The lowest BCUT2D eigenvalue weighted by Crippen LogP contribution is -2.33. The maximum absolute atomic E-state index is 12.1. The van der Waals surface area contributed by atoms with Gasteiger partial charge in [0.1, 0.15) is 5.41 Å². The van der Waals surface area contributed by atoms with Crippen LogP contribution >= 0.6 is 0 Å². The van der Waals surface area contributed by atoms with E-state index in [1.807, 2.05) is 26.0 Å². The van der Waals surface area contributed by atoms with Crippen LogP contribution in [0, 0.1) is 19.3 Å². The number of rotatable bonds is 3. The van der Waals surface area contributed by atoms with Crippen molar-refractivity contribution in [2.45, 2.75) is 27.7 Å². The molecule has 3 heteroatoms. The highest BCUT2D eigenvalue weighted by Gasteiger charge is 2.37. The molecule has 0 aromatic heterocycles. The van der Waals surface area contributed by atoms with Gasteiger partial charge in [-0.1, -0.05) is 17.7 Å². The number of hydrogen-bond donors (Lipinski definition) is 1. The maximum Gasteiger partial charge on any atom is 0.316 e. The van der Waals surface area contributed by atoms with E-state index in [0.717, 1.165) is 11.1 Å². The van der Waals surface area contributed by atoms with Gasteiger partial charge in [-0.05, 0) is 39.3 Å². The number of carbonyl (C=O) groups is 2. The van der Waals surface area contributed by atoms with E-state index in [1.165, 1.54) is 13.8 Å². The van der Waals surface area contributed by atoms with E-state index >= 15 is 0 Å². The minimum absolute atomic E-state index is 0.346. The molecular weight excluding hydrogens is 204 g/mol. The Labute approximate surface area is 95.1 Å². The Morgan fingerprint density at radius 1 is 1.19 bits per heavy atom. The number of aliphatic carboxylic acids is 1. The number of ketones is 1. The molecule has 1 rings (SSSR count). The summed E-state index contributed by atoms with van der Waals surface area (Å²) in [6.45, 7) is 6.55. The second-order valence-electron chi connectivity index (χ2n) is 4.58. The average molecular weight is 220 g/mol. The number of carboxylic acids is 1. The van der Waals surface area contributed by atoms with Crippen LogP contribution in [0.5, 0.6) is 0 Å². The van der Waals surface area contributed by atoms with E-state index in [0.29, 0.717) is 5.56 Å². The molecule has 0 aliphatic rings. The Balaban J connectivity index is 3.25. The van der Waals surface area contributed by atoms with E-state index in [4.69, 9.17) is 5.11 Å². The predicted octanol–water partition coefficient (Wildman–Crippen LogP) is 2.60. The third-order valence-electron chi connectivity index (χ3n) is 2.74. The van der Waals surface area contributed by atoms with Gasteiger partial charge in [0.25, 0.3) is 0 Å². The van der Waals surface area contributed by atoms with E-state index in [9.17, 15) is 9.59 Å². The lowest BCUT2D eigenvalue weighted by Gasteiger charge is -2.19. The standard InChI is InChI=1S/C13H16O3/c1-8-5-6-9(2)10(7-8)11(14)13(3,4)12(15)16/h5-7H,1-4H3,(H,15,16). The fourth-order valence-corrected chi connectivity index (χ4v) is 1.41. The molecule has 0 atom stereocenters. The van der Waals surface area contributed by atoms with Crippen LogP contribution in [0.25, 0.3) is 0 Å². The van der Waals surface area contributed by atoms with Gasteiger partial charge in [0.2, 0.25) is 0 Å². The zero-order chi connectivity index (χ0) is 12.5. The van der Waals surface area contributed by atoms with E-state index in [1.54, 1.807) is 6.07 Å². The van der Waals surface area contributed by atoms with Crippen LogP contribution in [-0.2, 0) is 4.79 Å². The van der Waals surface area contributed by atoms with Crippen LogP contribution in [0.1, 0.15) is 35.3 Å². The van der Waals surface area contributed by atoms with Crippen molar-refractivity contribution in [2.75, 3.05) is 0 Å². The molecule has 0 aliphatic heterocycles. The van der Waals surface area contributed by atoms with Gasteiger partial charge < -0.3 is 5.11 Å². The Bertz CT molecular complexity index is 444. The van der Waals surface area contributed by atoms with Crippen molar-refractivity contribution in [1.29, 1.82) is 0 Å². The highest BCUT2D eigenvalue weighted by molar-refractivity contribution is 6.12. The first-order chi connectivity index (χ1) is 7.26. The minimum atomic E-state index is -1.38. The van der Waals surface area contributed by atoms with Crippen molar-refractivity contribution in [3.05, 3.63) is 34.9 Å². The third-order valence-corrected chi connectivity index (χ3v) is 2.74. The molecule has 0 bridgehead atoms. The van der Waals surface area contributed by atoms with Crippen molar-refractivity contribution >= 4 is 11.8 Å². The topological polar surface area (TPSA) is 54.4 Å². The summed E-state index contributed by atoms with van der Waals surface area (Å²) in [7, 11) is 0. The molecule has 0 fully saturated rings. The quantitative estimate of drug-likeness (QED) is 0.629. The smallest absolute Gasteiger partial charge is 0.316 e. The molecule has 16 heavy (non-hydrogen) atoms. The first-order valence-corrected chi connectivity index (χ1v) is 5.12. The fourth-order valence-electron chi connectivity index (χ4n) is 1.41. The molecule has 0 unspecified atom stereocenters. The Kier molecular flexibility index (Phi) is 3.17. The van der Waals surface area contributed by atoms with E-state index in [2.05, 4.69) is 0 Å². The van der Waals surface area contributed by atoms with Crippen LogP contribution in [0.3, 0.4) is 0 Å². The van der Waals surface area contributed by atoms with Crippen LogP contribution in [0.15, 0.2) is 18.2 Å². The molecule has 0 saturated heterocycles. The highest BCUT2D eigenvalue weighted by atomic mass is 16.4. The number of carboxylic acid groups (broad SMARTS) is 1. The molecule has 0 spiro atoms. The SMILES string of the molecule is Cc1ccc(C)c(C(=O)C(C)(C)C(=O)O)c1. The van der Waals surface area contributed by atoms with Gasteiger partial charge in [-0.15, -0.1) is 0 Å². The largest absolute Gasteiger partial charge is 0.481 e. The number of aryl methyl sites for hydroxylation is 2. The zero-order valence-corrected chi connectivity index (χ0v) is 10.00. The van der Waals surface area contributed by atoms with Crippen LogP contribution in [0.2, 0.25) is 0 Å². The molecule has 1 aromatic rings. The molecule has 3 nitrogen and oxygen atoms in total. The second kappa shape index (κ2) is 4.08. The van der Waals surface area contributed by atoms with Crippen molar-refractivity contribution in [3.63, 3.8) is 0 Å². The number of benzene rings is 1. The monoisotopic (exact) mass is 220 g/mol. The van der Waals surface area contributed by atoms with Crippen LogP contribution in [-0.4, -0.2) is 16.9 Å². The van der Waals surface area contributed by atoms with Crippen LogP contribution in [0.4, 0.5) is 0 Å². The van der Waals surface area contributed by atoms with Gasteiger partial charge in [0, 0.05) is 5.56 Å². The molecule has 0 heterocycles. The van der Waals surface area contributed by atoms with E-state index < -0.39 is 11.4 Å². The molecule has 0 amide bonds. The average Bonchev–Trinajstić information content (AvgIpc) is 2.20. The summed E-state index contributed by atoms with van der Waals surface area (Å²) in [4.78, 5) is 23.1. The molecule has 0 saturated carbocycles. The summed E-state index contributed by atoms with van der Waals surface area (Å²) in [5, 5.41) is 9.01. The van der Waals surface area contributed by atoms with Gasteiger partial charge in [0.05, 0.1) is 0 Å². The van der Waals surface area contributed by atoms with Crippen molar-refractivity contribution in [3.8, 4) is 0 Å². The van der Waals surface area contributed by atoms with Gasteiger partial charge in [-0.3, -0.25) is 9.59 Å². The minimum Gasteiger partial charge on any atom is -0.481 e. The first-order valence-electron chi connectivity index (χ1n) is 5.12. The molecule has 1 aromatic carbocycles. The fraction of sp³-hybridized carbons (Fsp3) is 0.385. The predicted molar refractivity (Wildman–Crippen MR) is 61.7 cm³/mol. The third kappa shape index (κ3) is 2.13. The molecule has 86 valence electrons. The number of carbonyl (C=O) groups excluding carboxylic acids is 1. The summed E-state index contributed by atoms with van der Waals surface area (Å²) in [5.74, 6) is -1.44. The number of hydrogen-bond acceptors (Lipinski definition) is 2. The molecular formula is C13H16O3. The summed E-state index contributed by atoms with van der Waals surface area (Å²) >= 11 is 0. The van der Waals surface area contributed by atoms with Crippen LogP contribution < -0.4 is 0 Å². The highest BCUT2D eigenvalue weighted by Crippen LogP contribution is 2.24. The van der Waals surface area contributed by atoms with Gasteiger partial charge in [-0.25, -0.2) is 0 Å². The lowest BCUT2D eigenvalue weighted by atomic mass is 9.82. The Hall–Kier alpha value is -1.64. The van der Waals surface area contributed by atoms with E-state index in [-0.39, 0.29) is 5.78 Å². The lowest BCUT2D eigenvalue weighted by molar-refractivity contribution is -0.144. The Morgan fingerprint density at radius 3 is 2.25 bits per heavy atom. The van der Waals surface area contributed by atoms with Crippen molar-refractivity contribution < 1.29 is 14.7 Å². The van der Waals surface area contributed by atoms with Gasteiger partial charge in [-0.2, -0.15) is 0 Å². The van der Waals surface area contributed by atoms with Gasteiger partial charge >= 0.3 is 5.97 Å². The summed E-state index contributed by atoms with van der Waals surface area (Å²) in [6.07, 6.45) is 0. The molecule has 0 radical (unpaired) electrons. The number of Topliss-reactive ketones (excluding diaryl/α,β-unsaturated/α-hetero) is 1. The second-order valence-corrected chi connectivity index (χ2v) is 4.58. The summed E-state index contributed by atoms with van der Waals surface area (Å²) in [5.41, 5.74) is 0.880. The first kappa shape index (κ1) is 12.4. The zero-order valence-electron chi connectivity index (χ0n) is 10.00. The normalized spacial score (nSPS) is 11.2. The van der Waals surface area contributed by atoms with Crippen molar-refractivity contribution in [2.24, 2.45) is 5.41 Å².